The molecular weight excluding hydrogens is 330 g/mol. The van der Waals surface area contributed by atoms with Gasteiger partial charge in [0.1, 0.15) is 12.4 Å². The average Bonchev–Trinajstić information content (AvgIpc) is 2.66. The summed E-state index contributed by atoms with van der Waals surface area (Å²) in [5.74, 6) is 0.649. The zero-order valence-electron chi connectivity index (χ0n) is 14.6. The van der Waals surface area contributed by atoms with Gasteiger partial charge in [0.15, 0.2) is 0 Å². The van der Waals surface area contributed by atoms with Crippen LogP contribution < -0.4 is 15.6 Å². The van der Waals surface area contributed by atoms with Gasteiger partial charge < -0.3 is 10.1 Å². The number of ether oxygens (including phenoxy) is 1. The number of nitrogens with one attached hydrogen (secondary N) is 1. The lowest BCUT2D eigenvalue weighted by molar-refractivity contribution is -0.121. The van der Waals surface area contributed by atoms with Crippen molar-refractivity contribution < 1.29 is 9.53 Å². The molecule has 6 heteroatoms. The normalized spacial score (nSPS) is 10.7. The van der Waals surface area contributed by atoms with Crippen LogP contribution in [0.3, 0.4) is 0 Å². The number of para-hydroxylation sites is 1. The fourth-order valence-electron chi connectivity index (χ4n) is 2.57. The summed E-state index contributed by atoms with van der Waals surface area (Å²) in [7, 11) is 0. The summed E-state index contributed by atoms with van der Waals surface area (Å²) in [6.07, 6.45) is 1.70. The van der Waals surface area contributed by atoms with Gasteiger partial charge in [-0.25, -0.2) is 4.98 Å². The summed E-state index contributed by atoms with van der Waals surface area (Å²) in [6.45, 7) is 3.12. The summed E-state index contributed by atoms with van der Waals surface area (Å²) in [5.41, 5.74) is 1.70. The number of benzene rings is 2. The fourth-order valence-corrected chi connectivity index (χ4v) is 2.57. The SMILES string of the molecule is Cc1ccc(OCCNC(=O)CCn2cnc3ccccc3c2=O)cc1. The Balaban J connectivity index is 1.45. The van der Waals surface area contributed by atoms with Crippen molar-refractivity contribution in [2.75, 3.05) is 13.2 Å². The summed E-state index contributed by atoms with van der Waals surface area (Å²) >= 11 is 0. The van der Waals surface area contributed by atoms with Gasteiger partial charge in [0.25, 0.3) is 5.56 Å². The zero-order valence-corrected chi connectivity index (χ0v) is 14.6. The molecule has 2 aromatic carbocycles. The second kappa shape index (κ2) is 8.29. The van der Waals surface area contributed by atoms with Gasteiger partial charge in [-0.2, -0.15) is 0 Å². The number of carbonyl (C=O) groups excluding carboxylic acids is 1. The van der Waals surface area contributed by atoms with Crippen molar-refractivity contribution in [2.45, 2.75) is 19.9 Å². The lowest BCUT2D eigenvalue weighted by Gasteiger charge is -2.09. The molecule has 1 amide bonds. The minimum atomic E-state index is -0.133. The van der Waals surface area contributed by atoms with Crippen molar-refractivity contribution in [3.05, 3.63) is 70.8 Å². The van der Waals surface area contributed by atoms with Crippen molar-refractivity contribution in [1.82, 2.24) is 14.9 Å². The number of nitrogens with zero attached hydrogens (tertiary/aromatic N) is 2. The maximum atomic E-state index is 12.4. The molecule has 0 aliphatic heterocycles. The van der Waals surface area contributed by atoms with Crippen LogP contribution in [0.5, 0.6) is 5.75 Å². The number of carbonyl (C=O) groups is 1. The highest BCUT2D eigenvalue weighted by atomic mass is 16.5. The van der Waals surface area contributed by atoms with Crippen molar-refractivity contribution in [3.63, 3.8) is 0 Å². The van der Waals surface area contributed by atoms with Crippen LogP contribution in [0.1, 0.15) is 12.0 Å². The van der Waals surface area contributed by atoms with Gasteiger partial charge in [-0.15, -0.1) is 0 Å². The van der Waals surface area contributed by atoms with Crippen LogP contribution in [-0.2, 0) is 11.3 Å². The van der Waals surface area contributed by atoms with E-state index in [1.165, 1.54) is 16.5 Å². The van der Waals surface area contributed by atoms with Gasteiger partial charge in [-0.05, 0) is 31.2 Å². The molecule has 0 radical (unpaired) electrons. The van der Waals surface area contributed by atoms with Crippen LogP contribution in [0, 0.1) is 6.92 Å². The second-order valence-corrected chi connectivity index (χ2v) is 6.02. The molecule has 0 aliphatic rings. The van der Waals surface area contributed by atoms with Gasteiger partial charge in [0, 0.05) is 13.0 Å². The summed E-state index contributed by atoms with van der Waals surface area (Å²) in [5, 5.41) is 3.35. The van der Waals surface area contributed by atoms with Crippen molar-refractivity contribution >= 4 is 16.8 Å². The molecule has 3 aromatic rings. The van der Waals surface area contributed by atoms with E-state index in [2.05, 4.69) is 10.3 Å². The van der Waals surface area contributed by atoms with E-state index in [-0.39, 0.29) is 17.9 Å². The van der Waals surface area contributed by atoms with Crippen molar-refractivity contribution in [1.29, 1.82) is 0 Å². The molecule has 0 saturated heterocycles. The first kappa shape index (κ1) is 17.7. The third kappa shape index (κ3) is 4.47. The van der Waals surface area contributed by atoms with E-state index in [0.717, 1.165) is 5.75 Å². The van der Waals surface area contributed by atoms with Crippen LogP contribution in [0.4, 0.5) is 0 Å². The molecule has 0 fully saturated rings. The Labute approximate surface area is 151 Å². The Hall–Kier alpha value is -3.15. The first-order valence-corrected chi connectivity index (χ1v) is 8.54. The molecule has 0 unspecified atom stereocenters. The molecule has 0 atom stereocenters. The van der Waals surface area contributed by atoms with Crippen LogP contribution in [-0.4, -0.2) is 28.6 Å². The quantitative estimate of drug-likeness (QED) is 0.663. The largest absolute Gasteiger partial charge is 0.492 e. The summed E-state index contributed by atoms with van der Waals surface area (Å²) < 4.78 is 7.02. The highest BCUT2D eigenvalue weighted by molar-refractivity contribution is 5.77. The lowest BCUT2D eigenvalue weighted by Crippen LogP contribution is -2.30. The molecule has 6 nitrogen and oxygen atoms in total. The fraction of sp³-hybridized carbons (Fsp3) is 0.250. The molecule has 3 rings (SSSR count). The maximum absolute atomic E-state index is 12.4. The third-order valence-electron chi connectivity index (χ3n) is 4.03. The first-order chi connectivity index (χ1) is 12.6. The highest BCUT2D eigenvalue weighted by Crippen LogP contribution is 2.10. The van der Waals surface area contributed by atoms with Crippen molar-refractivity contribution in [2.24, 2.45) is 0 Å². The molecular formula is C20H21N3O3. The molecule has 134 valence electrons. The molecule has 1 heterocycles. The number of hydrogen-bond acceptors (Lipinski definition) is 4. The van der Waals surface area contributed by atoms with Gasteiger partial charge in [0.2, 0.25) is 5.91 Å². The topological polar surface area (TPSA) is 73.2 Å². The number of amides is 1. The predicted octanol–water partition coefficient (Wildman–Crippen LogP) is 2.29. The molecule has 0 bridgehead atoms. The Bertz CT molecular complexity index is 948. The van der Waals surface area contributed by atoms with Crippen molar-refractivity contribution in [3.8, 4) is 5.75 Å². The van der Waals surface area contributed by atoms with Gasteiger partial charge in [0.05, 0.1) is 23.8 Å². The van der Waals surface area contributed by atoms with E-state index in [1.807, 2.05) is 37.3 Å². The Morgan fingerprint density at radius 1 is 1.15 bits per heavy atom. The van der Waals surface area contributed by atoms with E-state index in [1.54, 1.807) is 18.2 Å². The van der Waals surface area contributed by atoms with E-state index in [4.69, 9.17) is 4.74 Å². The average molecular weight is 351 g/mol. The van der Waals surface area contributed by atoms with Gasteiger partial charge in [-0.3, -0.25) is 14.2 Å². The minimum Gasteiger partial charge on any atom is -0.492 e. The van der Waals surface area contributed by atoms with E-state index >= 15 is 0 Å². The third-order valence-corrected chi connectivity index (χ3v) is 4.03. The lowest BCUT2D eigenvalue weighted by atomic mass is 10.2. The highest BCUT2D eigenvalue weighted by Gasteiger charge is 2.06. The molecule has 1 N–H and O–H groups in total. The summed E-state index contributed by atoms with van der Waals surface area (Å²) in [6, 6.07) is 14.9. The number of aromatic nitrogens is 2. The Morgan fingerprint density at radius 2 is 1.92 bits per heavy atom. The van der Waals surface area contributed by atoms with E-state index in [0.29, 0.717) is 30.6 Å². The number of fused-ring (bicyclic) bond motifs is 1. The van der Waals surface area contributed by atoms with Gasteiger partial charge in [-0.1, -0.05) is 29.8 Å². The molecule has 26 heavy (non-hydrogen) atoms. The standard InChI is InChI=1S/C20H21N3O3/c1-15-6-8-16(9-7-15)26-13-11-21-19(24)10-12-23-14-22-18-5-3-2-4-17(18)20(23)25/h2-9,14H,10-13H2,1H3,(H,21,24). The minimum absolute atomic E-state index is 0.127. The Kier molecular flexibility index (Phi) is 5.63. The van der Waals surface area contributed by atoms with Crippen LogP contribution in [0.2, 0.25) is 0 Å². The Morgan fingerprint density at radius 3 is 2.73 bits per heavy atom. The monoisotopic (exact) mass is 351 g/mol. The van der Waals surface area contributed by atoms with Crippen LogP contribution in [0.25, 0.3) is 10.9 Å². The van der Waals surface area contributed by atoms with Crippen LogP contribution >= 0.6 is 0 Å². The molecule has 0 spiro atoms. The zero-order chi connectivity index (χ0) is 18.4. The molecule has 0 aliphatic carbocycles. The predicted molar refractivity (Wildman–Crippen MR) is 100 cm³/mol. The summed E-state index contributed by atoms with van der Waals surface area (Å²) in [4.78, 5) is 28.5. The smallest absolute Gasteiger partial charge is 0.261 e. The molecule has 1 aromatic heterocycles. The van der Waals surface area contributed by atoms with E-state index < -0.39 is 0 Å². The van der Waals surface area contributed by atoms with Gasteiger partial charge >= 0.3 is 0 Å². The van der Waals surface area contributed by atoms with E-state index in [9.17, 15) is 9.59 Å². The number of aryl methyl sites for hydroxylation is 2. The second-order valence-electron chi connectivity index (χ2n) is 6.02. The number of rotatable bonds is 7. The first-order valence-electron chi connectivity index (χ1n) is 8.54. The molecule has 0 saturated carbocycles. The number of hydrogen-bond donors (Lipinski definition) is 1. The van der Waals surface area contributed by atoms with Crippen LogP contribution in [0.15, 0.2) is 59.7 Å². The maximum Gasteiger partial charge on any atom is 0.261 e.